The summed E-state index contributed by atoms with van der Waals surface area (Å²) in [6.45, 7) is 5.98. The van der Waals surface area contributed by atoms with Crippen LogP contribution in [-0.2, 0) is 6.54 Å². The number of halogens is 2. The number of likely N-dealkylation sites (tertiary alicyclic amines) is 1. The number of hydrogen-bond donors (Lipinski definition) is 2. The third kappa shape index (κ3) is 6.63. The van der Waals surface area contributed by atoms with Crippen molar-refractivity contribution >= 4 is 29.9 Å². The molecule has 1 aliphatic heterocycles. The summed E-state index contributed by atoms with van der Waals surface area (Å²) in [6, 6.07) is 7.21. The standard InChI is InChI=1S/C17H27FN4.HI/c1-3-22-10-5-4-9-16(22)13-21-17(19-2)20-12-14-7-6-8-15(18)11-14;/h6-8,11,16H,3-5,9-10,12-13H2,1-2H3,(H2,19,20,21);1H. The molecule has 0 aliphatic carbocycles. The predicted octanol–water partition coefficient (Wildman–Crippen LogP) is 2.98. The molecule has 2 rings (SSSR count). The van der Waals surface area contributed by atoms with Crippen molar-refractivity contribution in [3.8, 4) is 0 Å². The van der Waals surface area contributed by atoms with Gasteiger partial charge in [-0.15, -0.1) is 24.0 Å². The quantitative estimate of drug-likeness (QED) is 0.425. The molecule has 1 atom stereocenters. The van der Waals surface area contributed by atoms with Crippen LogP contribution in [0.4, 0.5) is 4.39 Å². The monoisotopic (exact) mass is 434 g/mol. The van der Waals surface area contributed by atoms with Gasteiger partial charge in [-0.05, 0) is 43.6 Å². The maximum absolute atomic E-state index is 13.2. The number of benzene rings is 1. The van der Waals surface area contributed by atoms with Crippen LogP contribution in [0.15, 0.2) is 29.3 Å². The van der Waals surface area contributed by atoms with Gasteiger partial charge in [0, 0.05) is 26.2 Å². The molecule has 4 nitrogen and oxygen atoms in total. The number of piperidine rings is 1. The van der Waals surface area contributed by atoms with Crippen molar-refractivity contribution in [2.75, 3.05) is 26.7 Å². The Morgan fingerprint density at radius 1 is 1.35 bits per heavy atom. The first-order chi connectivity index (χ1) is 10.7. The molecule has 0 aromatic heterocycles. The predicted molar refractivity (Wildman–Crippen MR) is 105 cm³/mol. The molecule has 1 fully saturated rings. The van der Waals surface area contributed by atoms with E-state index in [1.807, 2.05) is 6.07 Å². The molecule has 0 radical (unpaired) electrons. The molecule has 1 saturated heterocycles. The van der Waals surface area contributed by atoms with E-state index in [1.54, 1.807) is 19.2 Å². The van der Waals surface area contributed by atoms with Crippen LogP contribution in [0.3, 0.4) is 0 Å². The fourth-order valence-electron chi connectivity index (χ4n) is 2.98. The highest BCUT2D eigenvalue weighted by Crippen LogP contribution is 2.15. The van der Waals surface area contributed by atoms with Crippen molar-refractivity contribution in [3.05, 3.63) is 35.6 Å². The molecule has 1 aliphatic rings. The highest BCUT2D eigenvalue weighted by atomic mass is 127. The van der Waals surface area contributed by atoms with E-state index in [2.05, 4.69) is 27.4 Å². The van der Waals surface area contributed by atoms with Crippen LogP contribution in [-0.4, -0.2) is 43.6 Å². The zero-order valence-electron chi connectivity index (χ0n) is 14.0. The largest absolute Gasteiger partial charge is 0.355 e. The minimum absolute atomic E-state index is 0. The minimum Gasteiger partial charge on any atom is -0.355 e. The van der Waals surface area contributed by atoms with E-state index in [1.165, 1.54) is 31.9 Å². The first-order valence-corrected chi connectivity index (χ1v) is 8.16. The van der Waals surface area contributed by atoms with E-state index in [0.717, 1.165) is 24.6 Å². The lowest BCUT2D eigenvalue weighted by molar-refractivity contribution is 0.157. The van der Waals surface area contributed by atoms with Crippen molar-refractivity contribution in [2.24, 2.45) is 4.99 Å². The van der Waals surface area contributed by atoms with E-state index >= 15 is 0 Å². The van der Waals surface area contributed by atoms with E-state index in [0.29, 0.717) is 12.6 Å². The zero-order valence-corrected chi connectivity index (χ0v) is 16.3. The van der Waals surface area contributed by atoms with Gasteiger partial charge >= 0.3 is 0 Å². The molecular formula is C17H28FIN4. The Hall–Kier alpha value is -0.890. The molecule has 1 aromatic carbocycles. The van der Waals surface area contributed by atoms with E-state index < -0.39 is 0 Å². The summed E-state index contributed by atoms with van der Waals surface area (Å²) in [4.78, 5) is 6.77. The van der Waals surface area contributed by atoms with Gasteiger partial charge in [0.15, 0.2) is 5.96 Å². The van der Waals surface area contributed by atoms with Crippen LogP contribution in [0.1, 0.15) is 31.7 Å². The van der Waals surface area contributed by atoms with Crippen LogP contribution in [0.5, 0.6) is 0 Å². The second-order valence-electron chi connectivity index (χ2n) is 5.71. The summed E-state index contributed by atoms with van der Waals surface area (Å²) >= 11 is 0. The van der Waals surface area contributed by atoms with Crippen molar-refractivity contribution in [3.63, 3.8) is 0 Å². The summed E-state index contributed by atoms with van der Waals surface area (Å²) in [5, 5.41) is 6.63. The first-order valence-electron chi connectivity index (χ1n) is 8.16. The zero-order chi connectivity index (χ0) is 15.8. The summed E-state index contributed by atoms with van der Waals surface area (Å²) in [7, 11) is 1.76. The molecule has 130 valence electrons. The molecule has 0 spiro atoms. The van der Waals surface area contributed by atoms with Gasteiger partial charge in [-0.1, -0.05) is 25.5 Å². The average Bonchev–Trinajstić information content (AvgIpc) is 2.55. The van der Waals surface area contributed by atoms with E-state index in [-0.39, 0.29) is 29.8 Å². The summed E-state index contributed by atoms with van der Waals surface area (Å²) in [6.07, 6.45) is 3.84. The lowest BCUT2D eigenvalue weighted by Crippen LogP contribution is -2.48. The lowest BCUT2D eigenvalue weighted by Gasteiger charge is -2.35. The number of likely N-dealkylation sites (N-methyl/N-ethyl adjacent to an activating group) is 1. The number of aliphatic imine (C=N–C) groups is 1. The highest BCUT2D eigenvalue weighted by molar-refractivity contribution is 14.0. The molecule has 0 saturated carbocycles. The molecule has 1 aromatic rings. The van der Waals surface area contributed by atoms with Gasteiger partial charge in [0.05, 0.1) is 0 Å². The van der Waals surface area contributed by atoms with E-state index in [4.69, 9.17) is 0 Å². The van der Waals surface area contributed by atoms with Gasteiger partial charge < -0.3 is 10.6 Å². The fourth-order valence-corrected chi connectivity index (χ4v) is 2.98. The second-order valence-corrected chi connectivity index (χ2v) is 5.71. The third-order valence-corrected chi connectivity index (χ3v) is 4.23. The molecular weight excluding hydrogens is 406 g/mol. The lowest BCUT2D eigenvalue weighted by atomic mass is 10.0. The average molecular weight is 434 g/mol. The first kappa shape index (κ1) is 20.2. The van der Waals surface area contributed by atoms with Gasteiger partial charge in [0.25, 0.3) is 0 Å². The number of hydrogen-bond acceptors (Lipinski definition) is 2. The molecule has 6 heteroatoms. The Kier molecular flexibility index (Phi) is 9.47. The van der Waals surface area contributed by atoms with Gasteiger partial charge in [0.2, 0.25) is 0 Å². The van der Waals surface area contributed by atoms with Crippen LogP contribution < -0.4 is 10.6 Å². The van der Waals surface area contributed by atoms with Crippen molar-refractivity contribution < 1.29 is 4.39 Å². The van der Waals surface area contributed by atoms with Gasteiger partial charge in [0.1, 0.15) is 5.82 Å². The third-order valence-electron chi connectivity index (χ3n) is 4.23. The van der Waals surface area contributed by atoms with Gasteiger partial charge in [-0.3, -0.25) is 9.89 Å². The summed E-state index contributed by atoms with van der Waals surface area (Å²) in [5.74, 6) is 0.564. The molecule has 1 unspecified atom stereocenters. The number of rotatable bonds is 5. The van der Waals surface area contributed by atoms with Gasteiger partial charge in [-0.25, -0.2) is 4.39 Å². The molecule has 2 N–H and O–H groups in total. The minimum atomic E-state index is -0.206. The Bertz CT molecular complexity index is 495. The Balaban J connectivity index is 0.00000264. The number of nitrogens with one attached hydrogen (secondary N) is 2. The maximum atomic E-state index is 13.2. The normalized spacial score (nSPS) is 19.1. The van der Waals surface area contributed by atoms with Crippen molar-refractivity contribution in [1.29, 1.82) is 0 Å². The van der Waals surface area contributed by atoms with Crippen LogP contribution in [0, 0.1) is 5.82 Å². The fraction of sp³-hybridized carbons (Fsp3) is 0.588. The van der Waals surface area contributed by atoms with Crippen molar-refractivity contribution in [1.82, 2.24) is 15.5 Å². The highest BCUT2D eigenvalue weighted by Gasteiger charge is 2.20. The van der Waals surface area contributed by atoms with Crippen LogP contribution in [0.25, 0.3) is 0 Å². The smallest absolute Gasteiger partial charge is 0.191 e. The second kappa shape index (κ2) is 10.8. The molecule has 0 amide bonds. The molecule has 0 bridgehead atoms. The number of guanidine groups is 1. The molecule has 23 heavy (non-hydrogen) atoms. The molecule has 1 heterocycles. The van der Waals surface area contributed by atoms with Gasteiger partial charge in [-0.2, -0.15) is 0 Å². The summed E-state index contributed by atoms with van der Waals surface area (Å²) in [5.41, 5.74) is 0.913. The van der Waals surface area contributed by atoms with Crippen LogP contribution in [0.2, 0.25) is 0 Å². The number of nitrogens with zero attached hydrogens (tertiary/aromatic N) is 2. The Labute approximate surface area is 156 Å². The van der Waals surface area contributed by atoms with Crippen molar-refractivity contribution in [2.45, 2.75) is 38.8 Å². The Morgan fingerprint density at radius 3 is 2.87 bits per heavy atom. The summed E-state index contributed by atoms with van der Waals surface area (Å²) < 4.78 is 13.2. The topological polar surface area (TPSA) is 39.7 Å². The van der Waals surface area contributed by atoms with E-state index in [9.17, 15) is 4.39 Å². The maximum Gasteiger partial charge on any atom is 0.191 e. The Morgan fingerprint density at radius 2 is 2.17 bits per heavy atom. The SMILES string of the molecule is CCN1CCCCC1CNC(=NC)NCc1cccc(F)c1.I. The van der Waals surface area contributed by atoms with Crippen LogP contribution >= 0.6 is 24.0 Å².